The molecule has 5 rings (SSSR count). The molecule has 2 heterocycles. The van der Waals surface area contributed by atoms with Crippen LogP contribution in [0.4, 0.5) is 0 Å². The van der Waals surface area contributed by atoms with Gasteiger partial charge in [0.05, 0.1) is 10.9 Å². The van der Waals surface area contributed by atoms with Gasteiger partial charge in [0.2, 0.25) is 21.8 Å². The van der Waals surface area contributed by atoms with Gasteiger partial charge in [0.1, 0.15) is 22.8 Å². The molecular weight excluding hydrogens is 699 g/mol. The summed E-state index contributed by atoms with van der Waals surface area (Å²) in [6.07, 6.45) is 3.79. The highest BCUT2D eigenvalue weighted by Crippen LogP contribution is 2.35. The summed E-state index contributed by atoms with van der Waals surface area (Å²) in [5, 5.41) is 1.19. The third-order valence-electron chi connectivity index (χ3n) is 9.65. The van der Waals surface area contributed by atoms with Crippen LogP contribution in [0.1, 0.15) is 55.3 Å². The first kappa shape index (κ1) is 38.2. The molecule has 1 aliphatic heterocycles. The standard InChI is InChI=1S/C36H48Cl2N6O5S/c1-23-20-24(2)40-35-26(23)9-6-12-31(35)49-22-28-29(37)13-14-32(34(28)38)50(47,48)41-30-11-5-10-27(30)36(46)44-18-16-43(17-19-44)33(45)21-25(39)8-7-15-42(3)4/h6,9,12-14,20,25,27,30,41H,5,7-8,10-11,15-19,21-22,39H2,1-4H3/t25-,27?,30?/m0/s1. The second-order valence-corrected chi connectivity index (χ2v) is 16.2. The van der Waals surface area contributed by atoms with Crippen molar-refractivity contribution in [3.05, 3.63) is 63.3 Å². The topological polar surface area (TPSA) is 138 Å². The Morgan fingerprint density at radius 1 is 1.08 bits per heavy atom. The average molecular weight is 748 g/mol. The van der Waals surface area contributed by atoms with Crippen molar-refractivity contribution < 1.29 is 22.7 Å². The van der Waals surface area contributed by atoms with E-state index < -0.39 is 22.0 Å². The van der Waals surface area contributed by atoms with Gasteiger partial charge in [0.25, 0.3) is 0 Å². The van der Waals surface area contributed by atoms with Crippen LogP contribution in [-0.2, 0) is 26.2 Å². The molecule has 0 radical (unpaired) electrons. The first-order valence-corrected chi connectivity index (χ1v) is 19.4. The van der Waals surface area contributed by atoms with Crippen LogP contribution < -0.4 is 15.2 Å². The van der Waals surface area contributed by atoms with E-state index in [1.807, 2.05) is 46.1 Å². The first-order valence-electron chi connectivity index (χ1n) is 17.2. The fourth-order valence-corrected chi connectivity index (χ4v) is 9.13. The molecular formula is C36H48Cl2N6O5S. The lowest BCUT2D eigenvalue weighted by molar-refractivity contribution is -0.142. The van der Waals surface area contributed by atoms with Crippen LogP contribution in [0.15, 0.2) is 41.3 Å². The van der Waals surface area contributed by atoms with E-state index >= 15 is 0 Å². The number of ether oxygens (including phenoxy) is 1. The molecule has 1 saturated heterocycles. The number of carbonyl (C=O) groups is 2. The number of para-hydroxylation sites is 1. The number of rotatable bonds is 13. The monoisotopic (exact) mass is 746 g/mol. The molecule has 1 aliphatic carbocycles. The van der Waals surface area contributed by atoms with Crippen LogP contribution in [0.3, 0.4) is 0 Å². The van der Waals surface area contributed by atoms with Crippen LogP contribution in [0.25, 0.3) is 10.9 Å². The molecule has 2 aromatic carbocycles. The van der Waals surface area contributed by atoms with E-state index in [-0.39, 0.29) is 45.8 Å². The number of nitrogens with two attached hydrogens (primary N) is 1. The average Bonchev–Trinajstić information content (AvgIpc) is 3.51. The molecule has 2 amide bonds. The number of benzene rings is 2. The summed E-state index contributed by atoms with van der Waals surface area (Å²) in [4.78, 5) is 36.7. The van der Waals surface area contributed by atoms with Crippen molar-refractivity contribution in [3.8, 4) is 5.75 Å². The lowest BCUT2D eigenvalue weighted by Gasteiger charge is -2.37. The van der Waals surface area contributed by atoms with Gasteiger partial charge in [-0.2, -0.15) is 0 Å². The minimum Gasteiger partial charge on any atom is -0.487 e. The van der Waals surface area contributed by atoms with Gasteiger partial charge in [-0.1, -0.05) is 41.8 Å². The van der Waals surface area contributed by atoms with Crippen LogP contribution in [0.5, 0.6) is 5.75 Å². The number of aromatic nitrogens is 1. The fraction of sp³-hybridized carbons (Fsp3) is 0.528. The zero-order valence-corrected chi connectivity index (χ0v) is 31.6. The molecule has 2 aliphatic rings. The molecule has 3 N–H and O–H groups in total. The van der Waals surface area contributed by atoms with Gasteiger partial charge < -0.3 is 25.2 Å². The minimum atomic E-state index is -4.13. The summed E-state index contributed by atoms with van der Waals surface area (Å²) in [5.41, 5.74) is 9.16. The van der Waals surface area contributed by atoms with Gasteiger partial charge in [-0.15, -0.1) is 0 Å². The Morgan fingerprint density at radius 2 is 1.80 bits per heavy atom. The Balaban J connectivity index is 1.21. The maximum atomic E-state index is 13.8. The highest BCUT2D eigenvalue weighted by molar-refractivity contribution is 7.89. The number of nitrogens with zero attached hydrogens (tertiary/aromatic N) is 4. The van der Waals surface area contributed by atoms with Crippen molar-refractivity contribution in [2.45, 2.75) is 76.0 Å². The van der Waals surface area contributed by atoms with E-state index in [9.17, 15) is 18.0 Å². The zero-order valence-electron chi connectivity index (χ0n) is 29.3. The first-order chi connectivity index (χ1) is 23.7. The van der Waals surface area contributed by atoms with Crippen molar-refractivity contribution in [1.29, 1.82) is 0 Å². The predicted molar refractivity (Wildman–Crippen MR) is 197 cm³/mol. The molecule has 1 saturated carbocycles. The second kappa shape index (κ2) is 16.6. The lowest BCUT2D eigenvalue weighted by Crippen LogP contribution is -2.54. The number of sulfonamides is 1. The summed E-state index contributed by atoms with van der Waals surface area (Å²) in [5.74, 6) is -0.0842. The molecule has 3 aromatic rings. The quantitative estimate of drug-likeness (QED) is 0.252. The number of nitrogens with one attached hydrogen (secondary N) is 1. The van der Waals surface area contributed by atoms with E-state index in [1.54, 1.807) is 15.9 Å². The Morgan fingerprint density at radius 3 is 2.52 bits per heavy atom. The normalized spacial score (nSPS) is 19.0. The summed E-state index contributed by atoms with van der Waals surface area (Å²) < 4.78 is 36.5. The SMILES string of the molecule is Cc1cc(C)c2cccc(OCc3c(Cl)ccc(S(=O)(=O)NC4CCCC4C(=O)N4CCN(C(=O)C[C@@H](N)CCCN(C)C)CC4)c3Cl)c2n1. The van der Waals surface area contributed by atoms with Gasteiger partial charge in [-0.05, 0) is 90.0 Å². The molecule has 2 unspecified atom stereocenters. The molecule has 2 fully saturated rings. The number of hydrogen-bond acceptors (Lipinski definition) is 8. The van der Waals surface area contributed by atoms with Crippen molar-refractivity contribution in [1.82, 2.24) is 24.4 Å². The molecule has 0 spiro atoms. The molecule has 3 atom stereocenters. The van der Waals surface area contributed by atoms with E-state index in [2.05, 4.69) is 14.6 Å². The fourth-order valence-electron chi connectivity index (χ4n) is 6.93. The number of amides is 2. The third-order valence-corrected chi connectivity index (χ3v) is 12.1. The molecule has 0 bridgehead atoms. The number of aryl methyl sites for hydroxylation is 2. The highest BCUT2D eigenvalue weighted by atomic mass is 35.5. The van der Waals surface area contributed by atoms with E-state index in [0.717, 1.165) is 36.0 Å². The Hall–Kier alpha value is -3.00. The Bertz CT molecular complexity index is 1820. The summed E-state index contributed by atoms with van der Waals surface area (Å²) in [7, 11) is -0.111. The number of fused-ring (bicyclic) bond motifs is 1. The molecule has 1 aromatic heterocycles. The minimum absolute atomic E-state index is 0.00421. The van der Waals surface area contributed by atoms with Gasteiger partial charge >= 0.3 is 0 Å². The van der Waals surface area contributed by atoms with E-state index in [4.69, 9.17) is 33.7 Å². The van der Waals surface area contributed by atoms with Crippen molar-refractivity contribution in [3.63, 3.8) is 0 Å². The summed E-state index contributed by atoms with van der Waals surface area (Å²) in [6.45, 7) is 6.42. The maximum absolute atomic E-state index is 13.8. The molecule has 14 heteroatoms. The molecule has 50 heavy (non-hydrogen) atoms. The number of pyridine rings is 1. The van der Waals surface area contributed by atoms with E-state index in [0.29, 0.717) is 62.3 Å². The molecule has 11 nitrogen and oxygen atoms in total. The third kappa shape index (κ3) is 9.07. The van der Waals surface area contributed by atoms with Crippen LogP contribution >= 0.6 is 23.2 Å². The Kier molecular flexibility index (Phi) is 12.7. The number of piperazine rings is 1. The smallest absolute Gasteiger partial charge is 0.242 e. The largest absolute Gasteiger partial charge is 0.487 e. The summed E-state index contributed by atoms with van der Waals surface area (Å²) >= 11 is 13.2. The summed E-state index contributed by atoms with van der Waals surface area (Å²) in [6, 6.07) is 9.73. The van der Waals surface area contributed by atoms with Gasteiger partial charge in [-0.25, -0.2) is 18.1 Å². The maximum Gasteiger partial charge on any atom is 0.242 e. The Labute approximate surface area is 305 Å². The number of hydrogen-bond donors (Lipinski definition) is 2. The van der Waals surface area contributed by atoms with Gasteiger partial charge in [0, 0.05) is 66.3 Å². The number of carbonyl (C=O) groups excluding carboxylic acids is 2. The van der Waals surface area contributed by atoms with Crippen molar-refractivity contribution >= 4 is 55.9 Å². The van der Waals surface area contributed by atoms with Crippen molar-refractivity contribution in [2.75, 3.05) is 46.8 Å². The second-order valence-electron chi connectivity index (χ2n) is 13.7. The lowest BCUT2D eigenvalue weighted by atomic mass is 10.0. The predicted octanol–water partition coefficient (Wildman–Crippen LogP) is 4.91. The highest BCUT2D eigenvalue weighted by Gasteiger charge is 2.39. The zero-order chi connectivity index (χ0) is 36.2. The van der Waals surface area contributed by atoms with Crippen LogP contribution in [-0.4, -0.2) is 98.8 Å². The van der Waals surface area contributed by atoms with E-state index in [1.165, 1.54) is 12.1 Å². The molecule has 272 valence electrons. The van der Waals surface area contributed by atoms with Crippen molar-refractivity contribution in [2.24, 2.45) is 11.7 Å². The van der Waals surface area contributed by atoms with Crippen LogP contribution in [0, 0.1) is 19.8 Å². The number of halogens is 2. The van der Waals surface area contributed by atoms with Gasteiger partial charge in [-0.3, -0.25) is 9.59 Å². The van der Waals surface area contributed by atoms with Gasteiger partial charge in [0.15, 0.2) is 0 Å². The van der Waals surface area contributed by atoms with Crippen LogP contribution in [0.2, 0.25) is 10.0 Å².